The van der Waals surface area contributed by atoms with Crippen molar-refractivity contribution >= 4 is 16.5 Å². The third kappa shape index (κ3) is 3.68. The molecule has 1 N–H and O–H groups in total. The predicted molar refractivity (Wildman–Crippen MR) is 80.9 cm³/mol. The highest BCUT2D eigenvalue weighted by Gasteiger charge is 2.22. The average Bonchev–Trinajstić information content (AvgIpc) is 2.82. The van der Waals surface area contributed by atoms with Crippen molar-refractivity contribution in [3.8, 4) is 0 Å². The van der Waals surface area contributed by atoms with E-state index >= 15 is 0 Å². The quantitative estimate of drug-likeness (QED) is 0.897. The number of rotatable bonds is 5. The second kappa shape index (κ2) is 6.68. The van der Waals surface area contributed by atoms with E-state index in [1.807, 2.05) is 0 Å². The summed E-state index contributed by atoms with van der Waals surface area (Å²) in [5.74, 6) is 0.814. The van der Waals surface area contributed by atoms with Crippen LogP contribution in [0.15, 0.2) is 0 Å². The summed E-state index contributed by atoms with van der Waals surface area (Å²) in [5, 5.41) is 10.4. The Hall–Kier alpha value is -0.650. The Morgan fingerprint density at radius 3 is 2.53 bits per heavy atom. The smallest absolute Gasteiger partial charge is 0.185 e. The van der Waals surface area contributed by atoms with Gasteiger partial charge in [0.25, 0.3) is 0 Å². The molecule has 1 aliphatic rings. The Kier molecular flexibility index (Phi) is 5.19. The number of hydrogen-bond acceptors (Lipinski definition) is 5. The lowest BCUT2D eigenvalue weighted by molar-refractivity contribution is 0.284. The van der Waals surface area contributed by atoms with Crippen LogP contribution in [0.25, 0.3) is 0 Å². The van der Waals surface area contributed by atoms with Gasteiger partial charge >= 0.3 is 0 Å². The first-order valence-electron chi connectivity index (χ1n) is 7.13. The highest BCUT2D eigenvalue weighted by Crippen LogP contribution is 2.30. The maximum atomic E-state index is 9.35. The average molecular weight is 283 g/mol. The molecular formula is C14H25N3OS. The topological polar surface area (TPSA) is 39.6 Å². The van der Waals surface area contributed by atoms with Gasteiger partial charge in [-0.05, 0) is 39.3 Å². The lowest BCUT2D eigenvalue weighted by atomic mass is 9.97. The molecule has 4 nitrogen and oxygen atoms in total. The van der Waals surface area contributed by atoms with Crippen LogP contribution in [-0.2, 0) is 13.0 Å². The van der Waals surface area contributed by atoms with E-state index in [4.69, 9.17) is 0 Å². The molecular weight excluding hydrogens is 258 g/mol. The summed E-state index contributed by atoms with van der Waals surface area (Å²) < 4.78 is 0. The van der Waals surface area contributed by atoms with Crippen molar-refractivity contribution in [1.82, 2.24) is 9.88 Å². The number of aromatic nitrogens is 1. The lowest BCUT2D eigenvalue weighted by Crippen LogP contribution is -2.37. The van der Waals surface area contributed by atoms with Crippen molar-refractivity contribution in [3.05, 3.63) is 10.6 Å². The molecule has 0 spiro atoms. The van der Waals surface area contributed by atoms with Crippen LogP contribution in [0.4, 0.5) is 5.13 Å². The Balaban J connectivity index is 1.95. The molecule has 0 aromatic carbocycles. The summed E-state index contributed by atoms with van der Waals surface area (Å²) >= 11 is 1.66. The maximum Gasteiger partial charge on any atom is 0.185 e. The molecule has 0 atom stereocenters. The second-order valence-corrected chi connectivity index (χ2v) is 6.63. The van der Waals surface area contributed by atoms with Crippen LogP contribution in [0, 0.1) is 5.92 Å². The van der Waals surface area contributed by atoms with Gasteiger partial charge in [0.05, 0.1) is 17.2 Å². The fraction of sp³-hybridized carbons (Fsp3) is 0.786. The third-order valence-electron chi connectivity index (χ3n) is 3.75. The first-order valence-corrected chi connectivity index (χ1v) is 7.94. The molecule has 108 valence electrons. The van der Waals surface area contributed by atoms with E-state index in [2.05, 4.69) is 35.8 Å². The number of thiazole rings is 1. The number of aryl methyl sites for hydroxylation is 1. The molecule has 2 rings (SSSR count). The molecule has 0 bridgehead atoms. The van der Waals surface area contributed by atoms with Gasteiger partial charge in [-0.2, -0.15) is 0 Å². The van der Waals surface area contributed by atoms with E-state index in [-0.39, 0.29) is 6.61 Å². The van der Waals surface area contributed by atoms with Crippen LogP contribution in [0.5, 0.6) is 0 Å². The van der Waals surface area contributed by atoms with E-state index < -0.39 is 0 Å². The summed E-state index contributed by atoms with van der Waals surface area (Å²) in [7, 11) is 4.29. The Bertz CT molecular complexity index is 376. The summed E-state index contributed by atoms with van der Waals surface area (Å²) in [6.07, 6.45) is 3.39. The molecule has 0 radical (unpaired) electrons. The Labute approximate surface area is 120 Å². The standard InChI is InChI=1S/C14H25N3OS/c1-4-12-13(10-18)19-14(15-12)17-7-5-11(6-8-17)9-16(2)3/h11,18H,4-10H2,1-3H3. The highest BCUT2D eigenvalue weighted by atomic mass is 32.1. The SMILES string of the molecule is CCc1nc(N2CCC(CN(C)C)CC2)sc1CO. The van der Waals surface area contributed by atoms with Crippen molar-refractivity contribution in [1.29, 1.82) is 0 Å². The molecule has 1 fully saturated rings. The van der Waals surface area contributed by atoms with E-state index in [0.717, 1.165) is 41.1 Å². The van der Waals surface area contributed by atoms with Crippen molar-refractivity contribution in [2.75, 3.05) is 38.6 Å². The first kappa shape index (κ1) is 14.8. The summed E-state index contributed by atoms with van der Waals surface area (Å²) in [6, 6.07) is 0. The molecule has 1 saturated heterocycles. The zero-order chi connectivity index (χ0) is 13.8. The molecule has 5 heteroatoms. The minimum absolute atomic E-state index is 0.123. The van der Waals surface area contributed by atoms with Gasteiger partial charge in [0.2, 0.25) is 0 Å². The molecule has 1 aliphatic heterocycles. The van der Waals surface area contributed by atoms with Gasteiger partial charge in [-0.3, -0.25) is 0 Å². The normalized spacial score (nSPS) is 17.4. The van der Waals surface area contributed by atoms with Gasteiger partial charge in [-0.25, -0.2) is 4.98 Å². The molecule has 0 saturated carbocycles. The third-order valence-corrected chi connectivity index (χ3v) is 4.90. The second-order valence-electron chi connectivity index (χ2n) is 5.57. The minimum Gasteiger partial charge on any atom is -0.391 e. The first-order chi connectivity index (χ1) is 9.13. The Morgan fingerprint density at radius 1 is 1.37 bits per heavy atom. The molecule has 2 heterocycles. The van der Waals surface area contributed by atoms with Crippen LogP contribution < -0.4 is 4.90 Å². The molecule has 1 aromatic rings. The number of hydrogen-bond donors (Lipinski definition) is 1. The van der Waals surface area contributed by atoms with Crippen LogP contribution in [0.1, 0.15) is 30.3 Å². The zero-order valence-corrected chi connectivity index (χ0v) is 13.0. The van der Waals surface area contributed by atoms with E-state index in [1.54, 1.807) is 11.3 Å². The number of aliphatic hydroxyl groups excluding tert-OH is 1. The van der Waals surface area contributed by atoms with Crippen LogP contribution in [0.3, 0.4) is 0 Å². The van der Waals surface area contributed by atoms with Gasteiger partial charge in [0.1, 0.15) is 0 Å². The fourth-order valence-corrected chi connectivity index (χ4v) is 3.79. The Morgan fingerprint density at radius 2 is 2.05 bits per heavy atom. The largest absolute Gasteiger partial charge is 0.391 e. The van der Waals surface area contributed by atoms with Gasteiger partial charge in [0, 0.05) is 19.6 Å². The summed E-state index contributed by atoms with van der Waals surface area (Å²) in [5.41, 5.74) is 1.07. The van der Waals surface area contributed by atoms with Gasteiger partial charge < -0.3 is 14.9 Å². The number of aliphatic hydroxyl groups is 1. The predicted octanol–water partition coefficient (Wildman–Crippen LogP) is 1.98. The molecule has 0 amide bonds. The van der Waals surface area contributed by atoms with Gasteiger partial charge in [0.15, 0.2) is 5.13 Å². The van der Waals surface area contributed by atoms with E-state index in [9.17, 15) is 5.11 Å². The molecule has 19 heavy (non-hydrogen) atoms. The highest BCUT2D eigenvalue weighted by molar-refractivity contribution is 7.15. The minimum atomic E-state index is 0.123. The number of piperidine rings is 1. The van der Waals surface area contributed by atoms with Gasteiger partial charge in [-0.1, -0.05) is 18.3 Å². The maximum absolute atomic E-state index is 9.35. The van der Waals surface area contributed by atoms with Crippen molar-refractivity contribution < 1.29 is 5.11 Å². The van der Waals surface area contributed by atoms with Crippen molar-refractivity contribution in [2.24, 2.45) is 5.92 Å². The van der Waals surface area contributed by atoms with Crippen LogP contribution in [-0.4, -0.2) is 48.7 Å². The van der Waals surface area contributed by atoms with Crippen molar-refractivity contribution in [3.63, 3.8) is 0 Å². The van der Waals surface area contributed by atoms with Crippen LogP contribution >= 0.6 is 11.3 Å². The zero-order valence-electron chi connectivity index (χ0n) is 12.2. The number of nitrogens with zero attached hydrogens (tertiary/aromatic N) is 3. The summed E-state index contributed by atoms with van der Waals surface area (Å²) in [4.78, 5) is 10.4. The van der Waals surface area contributed by atoms with Crippen molar-refractivity contribution in [2.45, 2.75) is 32.8 Å². The number of anilines is 1. The van der Waals surface area contributed by atoms with E-state index in [0.29, 0.717) is 0 Å². The fourth-order valence-electron chi connectivity index (χ4n) is 2.73. The molecule has 1 aromatic heterocycles. The molecule has 0 aliphatic carbocycles. The lowest BCUT2D eigenvalue weighted by Gasteiger charge is -2.33. The van der Waals surface area contributed by atoms with Crippen LogP contribution in [0.2, 0.25) is 0 Å². The summed E-state index contributed by atoms with van der Waals surface area (Å²) in [6.45, 7) is 5.60. The van der Waals surface area contributed by atoms with Gasteiger partial charge in [-0.15, -0.1) is 0 Å². The van der Waals surface area contributed by atoms with E-state index in [1.165, 1.54) is 19.4 Å². The molecule has 0 unspecified atom stereocenters. The monoisotopic (exact) mass is 283 g/mol.